The normalized spacial score (nSPS) is 18.4. The molecule has 2 rings (SSSR count). The van der Waals surface area contributed by atoms with Crippen LogP contribution in [0.1, 0.15) is 31.4 Å². The van der Waals surface area contributed by atoms with E-state index in [9.17, 15) is 9.59 Å². The molecule has 2 amide bonds. The Balaban J connectivity index is 2.09. The third kappa shape index (κ3) is 3.43. The Labute approximate surface area is 126 Å². The Kier molecular flexibility index (Phi) is 4.66. The van der Waals surface area contributed by atoms with Crippen LogP contribution in [0.3, 0.4) is 0 Å². The molecule has 1 aliphatic rings. The number of anilines is 1. The minimum absolute atomic E-state index is 0.00939. The SMILES string of the molecule is Cc1cccc(N2CC(C(=O)NCC(C)C)CC2=O)c1C. The molecule has 1 aromatic carbocycles. The summed E-state index contributed by atoms with van der Waals surface area (Å²) in [6.45, 7) is 9.31. The fourth-order valence-corrected chi connectivity index (χ4v) is 2.59. The van der Waals surface area contributed by atoms with E-state index < -0.39 is 0 Å². The Hall–Kier alpha value is -1.84. The van der Waals surface area contributed by atoms with Crippen molar-refractivity contribution in [1.29, 1.82) is 0 Å². The summed E-state index contributed by atoms with van der Waals surface area (Å²) in [5, 5.41) is 2.92. The number of carbonyl (C=O) groups excluding carboxylic acids is 2. The number of amides is 2. The highest BCUT2D eigenvalue weighted by Crippen LogP contribution is 2.29. The lowest BCUT2D eigenvalue weighted by atomic mass is 10.1. The zero-order chi connectivity index (χ0) is 15.6. The quantitative estimate of drug-likeness (QED) is 0.925. The summed E-state index contributed by atoms with van der Waals surface area (Å²) < 4.78 is 0. The van der Waals surface area contributed by atoms with Gasteiger partial charge in [0.25, 0.3) is 0 Å². The van der Waals surface area contributed by atoms with Gasteiger partial charge in [0.05, 0.1) is 5.92 Å². The Morgan fingerprint density at radius 1 is 1.38 bits per heavy atom. The van der Waals surface area contributed by atoms with E-state index in [4.69, 9.17) is 0 Å². The molecule has 0 aromatic heterocycles. The maximum Gasteiger partial charge on any atom is 0.227 e. The number of carbonyl (C=O) groups is 2. The molecule has 1 heterocycles. The Bertz CT molecular complexity index is 552. The largest absolute Gasteiger partial charge is 0.356 e. The number of nitrogens with one attached hydrogen (secondary N) is 1. The molecule has 4 heteroatoms. The monoisotopic (exact) mass is 288 g/mol. The molecule has 1 atom stereocenters. The lowest BCUT2D eigenvalue weighted by Crippen LogP contribution is -2.35. The predicted octanol–water partition coefficient (Wildman–Crippen LogP) is 2.43. The summed E-state index contributed by atoms with van der Waals surface area (Å²) in [4.78, 5) is 26.1. The highest BCUT2D eigenvalue weighted by molar-refractivity contribution is 6.00. The molecule has 1 fully saturated rings. The van der Waals surface area contributed by atoms with Gasteiger partial charge >= 0.3 is 0 Å². The van der Waals surface area contributed by atoms with Crippen LogP contribution in [0.4, 0.5) is 5.69 Å². The molecule has 1 unspecified atom stereocenters. The first-order chi connectivity index (χ1) is 9.90. The minimum atomic E-state index is -0.240. The average Bonchev–Trinajstić information content (AvgIpc) is 2.81. The van der Waals surface area contributed by atoms with E-state index >= 15 is 0 Å². The second-order valence-corrected chi connectivity index (χ2v) is 6.26. The van der Waals surface area contributed by atoms with Crippen molar-refractivity contribution in [3.05, 3.63) is 29.3 Å². The number of benzene rings is 1. The smallest absolute Gasteiger partial charge is 0.227 e. The van der Waals surface area contributed by atoms with Crippen LogP contribution in [-0.2, 0) is 9.59 Å². The first kappa shape index (κ1) is 15.5. The fraction of sp³-hybridized carbons (Fsp3) is 0.529. The van der Waals surface area contributed by atoms with Crippen LogP contribution in [-0.4, -0.2) is 24.9 Å². The molecule has 1 N–H and O–H groups in total. The average molecular weight is 288 g/mol. The summed E-state index contributed by atoms with van der Waals surface area (Å²) >= 11 is 0. The van der Waals surface area contributed by atoms with E-state index in [-0.39, 0.29) is 17.7 Å². The predicted molar refractivity (Wildman–Crippen MR) is 84.2 cm³/mol. The second kappa shape index (κ2) is 6.29. The van der Waals surface area contributed by atoms with E-state index in [0.29, 0.717) is 25.4 Å². The van der Waals surface area contributed by atoms with Gasteiger partial charge in [-0.2, -0.15) is 0 Å². The highest BCUT2D eigenvalue weighted by atomic mass is 16.2. The van der Waals surface area contributed by atoms with Gasteiger partial charge in [-0.15, -0.1) is 0 Å². The number of aryl methyl sites for hydroxylation is 1. The van der Waals surface area contributed by atoms with Gasteiger partial charge in [0.15, 0.2) is 0 Å². The van der Waals surface area contributed by atoms with Gasteiger partial charge in [-0.05, 0) is 37.0 Å². The van der Waals surface area contributed by atoms with Gasteiger partial charge in [-0.25, -0.2) is 0 Å². The van der Waals surface area contributed by atoms with Crippen molar-refractivity contribution < 1.29 is 9.59 Å². The topological polar surface area (TPSA) is 49.4 Å². The van der Waals surface area contributed by atoms with Crippen molar-refractivity contribution >= 4 is 17.5 Å². The summed E-state index contributed by atoms with van der Waals surface area (Å²) in [7, 11) is 0. The van der Waals surface area contributed by atoms with Crippen molar-refractivity contribution in [2.75, 3.05) is 18.0 Å². The third-order valence-corrected chi connectivity index (χ3v) is 4.05. The van der Waals surface area contributed by atoms with Crippen molar-refractivity contribution in [3.8, 4) is 0 Å². The fourth-order valence-electron chi connectivity index (χ4n) is 2.59. The molecule has 0 saturated carbocycles. The Morgan fingerprint density at radius 2 is 2.10 bits per heavy atom. The molecule has 21 heavy (non-hydrogen) atoms. The van der Waals surface area contributed by atoms with Crippen LogP contribution in [0.25, 0.3) is 0 Å². The molecular weight excluding hydrogens is 264 g/mol. The Morgan fingerprint density at radius 3 is 2.76 bits per heavy atom. The van der Waals surface area contributed by atoms with Crippen LogP contribution >= 0.6 is 0 Å². The first-order valence-corrected chi connectivity index (χ1v) is 7.54. The van der Waals surface area contributed by atoms with Crippen LogP contribution in [0.5, 0.6) is 0 Å². The molecule has 4 nitrogen and oxygen atoms in total. The number of rotatable bonds is 4. The molecule has 0 bridgehead atoms. The van der Waals surface area contributed by atoms with Crippen molar-refractivity contribution in [2.24, 2.45) is 11.8 Å². The van der Waals surface area contributed by atoms with Crippen molar-refractivity contribution in [2.45, 2.75) is 34.1 Å². The molecule has 114 valence electrons. The van der Waals surface area contributed by atoms with E-state index in [1.807, 2.05) is 32.0 Å². The number of hydrogen-bond acceptors (Lipinski definition) is 2. The number of nitrogens with zero attached hydrogens (tertiary/aromatic N) is 1. The van der Waals surface area contributed by atoms with Gasteiger partial charge < -0.3 is 10.2 Å². The maximum atomic E-state index is 12.2. The lowest BCUT2D eigenvalue weighted by molar-refractivity contribution is -0.126. The van der Waals surface area contributed by atoms with Gasteiger partial charge in [-0.3, -0.25) is 9.59 Å². The molecule has 1 saturated heterocycles. The van der Waals surface area contributed by atoms with Crippen LogP contribution < -0.4 is 10.2 Å². The van der Waals surface area contributed by atoms with Gasteiger partial charge in [0.1, 0.15) is 0 Å². The maximum absolute atomic E-state index is 12.2. The lowest BCUT2D eigenvalue weighted by Gasteiger charge is -2.20. The van der Waals surface area contributed by atoms with Crippen molar-refractivity contribution in [1.82, 2.24) is 5.32 Å². The first-order valence-electron chi connectivity index (χ1n) is 7.54. The molecule has 0 spiro atoms. The molecule has 0 aliphatic carbocycles. The highest BCUT2D eigenvalue weighted by Gasteiger charge is 2.35. The summed E-state index contributed by atoms with van der Waals surface area (Å²) in [6.07, 6.45) is 0.303. The third-order valence-electron chi connectivity index (χ3n) is 4.05. The van der Waals surface area contributed by atoms with Crippen LogP contribution in [0.2, 0.25) is 0 Å². The minimum Gasteiger partial charge on any atom is -0.356 e. The molecule has 0 radical (unpaired) electrons. The van der Waals surface area contributed by atoms with Crippen LogP contribution in [0.15, 0.2) is 18.2 Å². The summed E-state index contributed by atoms with van der Waals surface area (Å²) in [6, 6.07) is 5.94. The standard InChI is InChI=1S/C17H24N2O2/c1-11(2)9-18-17(21)14-8-16(20)19(10-14)15-7-5-6-12(3)13(15)4/h5-7,11,14H,8-10H2,1-4H3,(H,18,21). The van der Waals surface area contributed by atoms with E-state index in [0.717, 1.165) is 16.8 Å². The number of hydrogen-bond donors (Lipinski definition) is 1. The summed E-state index contributed by atoms with van der Waals surface area (Å²) in [5.74, 6) is 0.204. The van der Waals surface area contributed by atoms with E-state index in [1.54, 1.807) is 4.90 Å². The zero-order valence-electron chi connectivity index (χ0n) is 13.3. The summed E-state index contributed by atoms with van der Waals surface area (Å²) in [5.41, 5.74) is 3.20. The molecule has 1 aromatic rings. The van der Waals surface area contributed by atoms with E-state index in [2.05, 4.69) is 19.2 Å². The van der Waals surface area contributed by atoms with Crippen LogP contribution in [0, 0.1) is 25.7 Å². The molecule has 1 aliphatic heterocycles. The van der Waals surface area contributed by atoms with Gasteiger partial charge in [-0.1, -0.05) is 26.0 Å². The van der Waals surface area contributed by atoms with Gasteiger partial charge in [0, 0.05) is 25.2 Å². The second-order valence-electron chi connectivity index (χ2n) is 6.26. The van der Waals surface area contributed by atoms with Crippen molar-refractivity contribution in [3.63, 3.8) is 0 Å². The van der Waals surface area contributed by atoms with Gasteiger partial charge in [0.2, 0.25) is 11.8 Å². The molecular formula is C17H24N2O2. The van der Waals surface area contributed by atoms with E-state index in [1.165, 1.54) is 0 Å². The zero-order valence-corrected chi connectivity index (χ0v) is 13.3.